The van der Waals surface area contributed by atoms with Crippen LogP contribution in [0.15, 0.2) is 35.3 Å². The van der Waals surface area contributed by atoms with Crippen LogP contribution in [0.25, 0.3) is 0 Å². The number of nitrogens with zero attached hydrogens (tertiary/aromatic N) is 2. The predicted molar refractivity (Wildman–Crippen MR) is 109 cm³/mol. The zero-order valence-electron chi connectivity index (χ0n) is 16.7. The van der Waals surface area contributed by atoms with E-state index >= 15 is 0 Å². The number of rotatable bonds is 8. The molecule has 2 fully saturated rings. The van der Waals surface area contributed by atoms with Gasteiger partial charge in [-0.3, -0.25) is 9.89 Å². The lowest BCUT2D eigenvalue weighted by Crippen LogP contribution is -2.45. The number of aliphatic imine (C=N–C) groups is 1. The Labute approximate surface area is 163 Å². The van der Waals surface area contributed by atoms with E-state index in [1.807, 2.05) is 7.05 Å². The molecule has 1 aromatic carbocycles. The molecule has 3 unspecified atom stereocenters. The van der Waals surface area contributed by atoms with E-state index in [-0.39, 0.29) is 6.10 Å². The predicted octanol–water partition coefficient (Wildman–Crippen LogP) is 2.01. The second kappa shape index (κ2) is 10.6. The third kappa shape index (κ3) is 6.48. The van der Waals surface area contributed by atoms with Gasteiger partial charge in [0, 0.05) is 45.4 Å². The van der Waals surface area contributed by atoms with Crippen molar-refractivity contribution in [2.45, 2.75) is 50.9 Å². The largest absolute Gasteiger partial charge is 0.377 e. The molecule has 2 N–H and O–H groups in total. The first-order valence-electron chi connectivity index (χ1n) is 10.2. The van der Waals surface area contributed by atoms with Gasteiger partial charge in [0.2, 0.25) is 0 Å². The van der Waals surface area contributed by atoms with Gasteiger partial charge < -0.3 is 20.1 Å². The van der Waals surface area contributed by atoms with Crippen molar-refractivity contribution in [1.29, 1.82) is 0 Å². The Kier molecular flexibility index (Phi) is 7.93. The van der Waals surface area contributed by atoms with Crippen LogP contribution < -0.4 is 10.6 Å². The summed E-state index contributed by atoms with van der Waals surface area (Å²) in [7, 11) is 1.82. The topological polar surface area (TPSA) is 58.1 Å². The van der Waals surface area contributed by atoms with E-state index in [0.717, 1.165) is 51.5 Å². The lowest BCUT2D eigenvalue weighted by atomic mass is 10.2. The maximum Gasteiger partial charge on any atom is 0.191 e. The summed E-state index contributed by atoms with van der Waals surface area (Å²) in [4.78, 5) is 6.89. The Hall–Kier alpha value is -1.63. The van der Waals surface area contributed by atoms with Crippen LogP contribution in [-0.4, -0.2) is 69.0 Å². The second-order valence-electron chi connectivity index (χ2n) is 7.55. The number of likely N-dealkylation sites (tertiary alicyclic amines) is 1. The molecule has 3 rings (SSSR count). The highest BCUT2D eigenvalue weighted by Crippen LogP contribution is 2.20. The van der Waals surface area contributed by atoms with E-state index in [1.54, 1.807) is 0 Å². The zero-order valence-corrected chi connectivity index (χ0v) is 16.7. The van der Waals surface area contributed by atoms with Crippen molar-refractivity contribution >= 4 is 5.96 Å². The Morgan fingerprint density at radius 2 is 2.19 bits per heavy atom. The molecule has 1 aromatic rings. The SMILES string of the molecule is CN=C(NCCOCC1CCCO1)NC1CC(C)N(Cc2ccccc2)C1. The highest BCUT2D eigenvalue weighted by atomic mass is 16.5. The third-order valence-electron chi connectivity index (χ3n) is 5.36. The summed E-state index contributed by atoms with van der Waals surface area (Å²) >= 11 is 0. The lowest BCUT2D eigenvalue weighted by molar-refractivity contribution is 0.0191. The quantitative estimate of drug-likeness (QED) is 0.414. The Balaban J connectivity index is 1.34. The lowest BCUT2D eigenvalue weighted by Gasteiger charge is -2.21. The fraction of sp³-hybridized carbons (Fsp3) is 0.667. The van der Waals surface area contributed by atoms with Gasteiger partial charge in [-0.25, -0.2) is 0 Å². The first-order valence-corrected chi connectivity index (χ1v) is 10.2. The van der Waals surface area contributed by atoms with E-state index in [9.17, 15) is 0 Å². The minimum Gasteiger partial charge on any atom is -0.377 e. The Bertz CT molecular complexity index is 575. The molecule has 0 radical (unpaired) electrons. The van der Waals surface area contributed by atoms with Gasteiger partial charge in [0.1, 0.15) is 0 Å². The summed E-state index contributed by atoms with van der Waals surface area (Å²) in [6, 6.07) is 11.7. The molecule has 2 aliphatic heterocycles. The van der Waals surface area contributed by atoms with Crippen LogP contribution in [0.1, 0.15) is 31.7 Å². The van der Waals surface area contributed by atoms with E-state index in [2.05, 4.69) is 57.8 Å². The van der Waals surface area contributed by atoms with Crippen molar-refractivity contribution in [3.05, 3.63) is 35.9 Å². The number of nitrogens with one attached hydrogen (secondary N) is 2. The highest BCUT2D eigenvalue weighted by molar-refractivity contribution is 5.80. The molecule has 3 atom stereocenters. The van der Waals surface area contributed by atoms with Crippen LogP contribution >= 0.6 is 0 Å². The van der Waals surface area contributed by atoms with Gasteiger partial charge in [0.05, 0.1) is 19.3 Å². The molecule has 6 heteroatoms. The molecule has 2 saturated heterocycles. The van der Waals surface area contributed by atoms with Crippen LogP contribution in [-0.2, 0) is 16.0 Å². The van der Waals surface area contributed by atoms with Gasteiger partial charge in [-0.15, -0.1) is 0 Å². The summed E-state index contributed by atoms with van der Waals surface area (Å²) in [6.07, 6.45) is 3.70. The maximum atomic E-state index is 5.70. The average molecular weight is 375 g/mol. The van der Waals surface area contributed by atoms with E-state index in [0.29, 0.717) is 25.3 Å². The molecule has 0 bridgehead atoms. The smallest absolute Gasteiger partial charge is 0.191 e. The van der Waals surface area contributed by atoms with Crippen molar-refractivity contribution < 1.29 is 9.47 Å². The second-order valence-corrected chi connectivity index (χ2v) is 7.55. The number of hydrogen-bond donors (Lipinski definition) is 2. The molecule has 27 heavy (non-hydrogen) atoms. The van der Waals surface area contributed by atoms with Crippen LogP contribution in [0.2, 0.25) is 0 Å². The highest BCUT2D eigenvalue weighted by Gasteiger charge is 2.29. The number of benzene rings is 1. The normalized spacial score (nSPS) is 26.4. The van der Waals surface area contributed by atoms with Crippen molar-refractivity contribution in [3.8, 4) is 0 Å². The molecule has 6 nitrogen and oxygen atoms in total. The first-order chi connectivity index (χ1) is 13.2. The van der Waals surface area contributed by atoms with E-state index in [1.165, 1.54) is 5.56 Å². The molecule has 2 heterocycles. The number of ether oxygens (including phenoxy) is 2. The Morgan fingerprint density at radius 1 is 1.33 bits per heavy atom. The first kappa shape index (κ1) is 20.1. The Morgan fingerprint density at radius 3 is 2.93 bits per heavy atom. The fourth-order valence-electron chi connectivity index (χ4n) is 3.86. The van der Waals surface area contributed by atoms with Crippen LogP contribution in [0.5, 0.6) is 0 Å². The molecular formula is C21H34N4O2. The van der Waals surface area contributed by atoms with Gasteiger partial charge in [-0.05, 0) is 31.7 Å². The molecule has 0 spiro atoms. The summed E-state index contributed by atoms with van der Waals surface area (Å²) in [5.74, 6) is 0.856. The minimum absolute atomic E-state index is 0.290. The minimum atomic E-state index is 0.290. The monoisotopic (exact) mass is 374 g/mol. The third-order valence-corrected chi connectivity index (χ3v) is 5.36. The van der Waals surface area contributed by atoms with Crippen LogP contribution in [0.3, 0.4) is 0 Å². The zero-order chi connectivity index (χ0) is 18.9. The van der Waals surface area contributed by atoms with Crippen molar-refractivity contribution in [2.24, 2.45) is 4.99 Å². The molecular weight excluding hydrogens is 340 g/mol. The van der Waals surface area contributed by atoms with Gasteiger partial charge in [-0.2, -0.15) is 0 Å². The van der Waals surface area contributed by atoms with Gasteiger partial charge in [-0.1, -0.05) is 30.3 Å². The number of guanidine groups is 1. The van der Waals surface area contributed by atoms with Crippen molar-refractivity contribution in [2.75, 3.05) is 40.0 Å². The van der Waals surface area contributed by atoms with Crippen LogP contribution in [0.4, 0.5) is 0 Å². The van der Waals surface area contributed by atoms with Gasteiger partial charge in [0.15, 0.2) is 5.96 Å². The van der Waals surface area contributed by atoms with Gasteiger partial charge >= 0.3 is 0 Å². The fourth-order valence-corrected chi connectivity index (χ4v) is 3.86. The van der Waals surface area contributed by atoms with Crippen LogP contribution in [0, 0.1) is 0 Å². The molecule has 150 valence electrons. The van der Waals surface area contributed by atoms with E-state index < -0.39 is 0 Å². The summed E-state index contributed by atoms with van der Waals surface area (Å²) < 4.78 is 11.3. The molecule has 0 aliphatic carbocycles. The summed E-state index contributed by atoms with van der Waals surface area (Å²) in [5, 5.41) is 6.92. The molecule has 2 aliphatic rings. The standard InChI is InChI=1S/C21H34N4O2/c1-17-13-19(15-25(17)14-18-7-4-3-5-8-18)24-21(22-2)23-10-12-26-16-20-9-6-11-27-20/h3-5,7-8,17,19-20H,6,9-16H2,1-2H3,(H2,22,23,24). The molecule has 0 saturated carbocycles. The van der Waals surface area contributed by atoms with Gasteiger partial charge in [0.25, 0.3) is 0 Å². The van der Waals surface area contributed by atoms with E-state index in [4.69, 9.17) is 9.47 Å². The molecule has 0 amide bonds. The van der Waals surface area contributed by atoms with Crippen molar-refractivity contribution in [1.82, 2.24) is 15.5 Å². The van der Waals surface area contributed by atoms with Crippen molar-refractivity contribution in [3.63, 3.8) is 0 Å². The number of hydrogen-bond acceptors (Lipinski definition) is 4. The summed E-state index contributed by atoms with van der Waals surface area (Å²) in [5.41, 5.74) is 1.37. The summed E-state index contributed by atoms with van der Waals surface area (Å²) in [6.45, 7) is 7.34. The molecule has 0 aromatic heterocycles. The average Bonchev–Trinajstić information content (AvgIpc) is 3.31. The maximum absolute atomic E-state index is 5.70.